The van der Waals surface area contributed by atoms with Crippen LogP contribution in [0.1, 0.15) is 66.5 Å². The Kier molecular flexibility index (Phi) is 5.64. The van der Waals surface area contributed by atoms with E-state index in [9.17, 15) is 4.79 Å². The van der Waals surface area contributed by atoms with Gasteiger partial charge in [-0.2, -0.15) is 0 Å². The van der Waals surface area contributed by atoms with Gasteiger partial charge in [0.2, 0.25) is 0 Å². The number of aromatic nitrogens is 1. The van der Waals surface area contributed by atoms with Crippen molar-refractivity contribution in [1.29, 1.82) is 0 Å². The van der Waals surface area contributed by atoms with E-state index in [0.717, 1.165) is 41.8 Å². The number of rotatable bonds is 7. The first-order valence-corrected chi connectivity index (χ1v) is 9.56. The van der Waals surface area contributed by atoms with E-state index in [0.29, 0.717) is 13.2 Å². The molecule has 1 aromatic carbocycles. The maximum Gasteiger partial charge on any atom is 0.194 e. The molecule has 4 nitrogen and oxygen atoms in total. The zero-order chi connectivity index (χ0) is 18.7. The first kappa shape index (κ1) is 18.9. The molecule has 26 heavy (non-hydrogen) atoms. The summed E-state index contributed by atoms with van der Waals surface area (Å²) in [6.07, 6.45) is 3.02. The highest BCUT2D eigenvalue weighted by Crippen LogP contribution is 2.38. The van der Waals surface area contributed by atoms with E-state index in [-0.39, 0.29) is 11.8 Å². The van der Waals surface area contributed by atoms with Gasteiger partial charge in [0, 0.05) is 28.9 Å². The largest absolute Gasteiger partial charge is 0.346 e. The molecule has 1 aliphatic rings. The Bertz CT molecular complexity index is 757. The third kappa shape index (κ3) is 3.36. The van der Waals surface area contributed by atoms with Gasteiger partial charge in [0.15, 0.2) is 11.6 Å². The summed E-state index contributed by atoms with van der Waals surface area (Å²) in [5.41, 5.74) is 3.50. The van der Waals surface area contributed by atoms with E-state index in [1.54, 1.807) is 0 Å². The molecule has 1 aromatic heterocycles. The van der Waals surface area contributed by atoms with Gasteiger partial charge >= 0.3 is 0 Å². The van der Waals surface area contributed by atoms with Crippen LogP contribution in [0.25, 0.3) is 0 Å². The fourth-order valence-corrected chi connectivity index (χ4v) is 4.03. The summed E-state index contributed by atoms with van der Waals surface area (Å²) >= 11 is 0. The van der Waals surface area contributed by atoms with Crippen molar-refractivity contribution in [2.24, 2.45) is 0 Å². The Morgan fingerprint density at radius 1 is 1.19 bits per heavy atom. The summed E-state index contributed by atoms with van der Waals surface area (Å²) in [5, 5.41) is 0. The van der Waals surface area contributed by atoms with E-state index in [1.807, 2.05) is 50.2 Å². The highest BCUT2D eigenvalue weighted by atomic mass is 16.7. The molecule has 1 fully saturated rings. The molecule has 0 radical (unpaired) electrons. The van der Waals surface area contributed by atoms with Crippen molar-refractivity contribution < 1.29 is 14.3 Å². The second-order valence-corrected chi connectivity index (χ2v) is 7.14. The fourth-order valence-electron chi connectivity index (χ4n) is 4.03. The van der Waals surface area contributed by atoms with E-state index in [4.69, 9.17) is 9.47 Å². The summed E-state index contributed by atoms with van der Waals surface area (Å²) in [5.74, 6) is -0.537. The monoisotopic (exact) mass is 355 g/mol. The van der Waals surface area contributed by atoms with Gasteiger partial charge in [-0.3, -0.25) is 4.79 Å². The molecule has 1 aliphatic heterocycles. The number of benzene rings is 1. The normalized spacial score (nSPS) is 17.4. The zero-order valence-corrected chi connectivity index (χ0v) is 16.2. The maximum absolute atomic E-state index is 13.0. The number of carbonyl (C=O) groups is 1. The minimum atomic E-state index is -0.600. The standard InChI is InChI=1S/C22H29NO3/c1-5-6-12-22(25-13-14-26-22)18(4)23-16(2)15-20(17(23)3)21(24)19-10-8-7-9-11-19/h7-11,15,18H,5-6,12-14H2,1-4H3. The Morgan fingerprint density at radius 2 is 1.85 bits per heavy atom. The Hall–Kier alpha value is -1.91. The second-order valence-electron chi connectivity index (χ2n) is 7.14. The summed E-state index contributed by atoms with van der Waals surface area (Å²) in [6.45, 7) is 9.64. The van der Waals surface area contributed by atoms with Gasteiger partial charge < -0.3 is 14.0 Å². The van der Waals surface area contributed by atoms with Crippen molar-refractivity contribution >= 4 is 5.78 Å². The number of ketones is 1. The lowest BCUT2D eigenvalue weighted by Crippen LogP contribution is -2.40. The molecule has 2 aromatic rings. The molecule has 1 atom stereocenters. The molecule has 2 heterocycles. The molecule has 4 heteroatoms. The van der Waals surface area contributed by atoms with Crippen LogP contribution in [-0.4, -0.2) is 29.4 Å². The first-order chi connectivity index (χ1) is 12.5. The predicted molar refractivity (Wildman–Crippen MR) is 103 cm³/mol. The van der Waals surface area contributed by atoms with Crippen molar-refractivity contribution in [3.05, 3.63) is 58.9 Å². The van der Waals surface area contributed by atoms with Crippen LogP contribution in [0.4, 0.5) is 0 Å². The number of unbranched alkanes of at least 4 members (excludes halogenated alkanes) is 1. The van der Waals surface area contributed by atoms with E-state index >= 15 is 0 Å². The van der Waals surface area contributed by atoms with Gasteiger partial charge in [-0.1, -0.05) is 43.7 Å². The van der Waals surface area contributed by atoms with E-state index in [2.05, 4.69) is 18.4 Å². The number of ether oxygens (including phenoxy) is 2. The lowest BCUT2D eigenvalue weighted by atomic mass is 10.0. The van der Waals surface area contributed by atoms with Gasteiger partial charge in [-0.25, -0.2) is 0 Å². The number of hydrogen-bond donors (Lipinski definition) is 0. The van der Waals surface area contributed by atoms with Gasteiger partial charge in [0.1, 0.15) is 0 Å². The van der Waals surface area contributed by atoms with Gasteiger partial charge in [-0.05, 0) is 33.3 Å². The molecular formula is C22H29NO3. The van der Waals surface area contributed by atoms with Crippen LogP contribution < -0.4 is 0 Å². The Balaban J connectivity index is 1.96. The molecule has 0 bridgehead atoms. The maximum atomic E-state index is 13.0. The highest BCUT2D eigenvalue weighted by Gasteiger charge is 2.43. The molecule has 0 N–H and O–H groups in total. The number of hydrogen-bond acceptors (Lipinski definition) is 3. The van der Waals surface area contributed by atoms with Crippen molar-refractivity contribution in [2.75, 3.05) is 13.2 Å². The number of carbonyl (C=O) groups excluding carboxylic acids is 1. The average Bonchev–Trinajstić information content (AvgIpc) is 3.25. The lowest BCUT2D eigenvalue weighted by Gasteiger charge is -2.36. The van der Waals surface area contributed by atoms with Crippen molar-refractivity contribution in [1.82, 2.24) is 4.57 Å². The van der Waals surface area contributed by atoms with Gasteiger partial charge in [0.25, 0.3) is 0 Å². The molecule has 0 amide bonds. The lowest BCUT2D eigenvalue weighted by molar-refractivity contribution is -0.191. The predicted octanol–water partition coefficient (Wildman–Crippen LogP) is 4.83. The molecule has 0 saturated carbocycles. The molecule has 1 saturated heterocycles. The minimum Gasteiger partial charge on any atom is -0.346 e. The molecule has 1 unspecified atom stereocenters. The van der Waals surface area contributed by atoms with Crippen molar-refractivity contribution in [3.8, 4) is 0 Å². The summed E-state index contributed by atoms with van der Waals surface area (Å²) in [6, 6.07) is 11.4. The number of nitrogens with zero attached hydrogens (tertiary/aromatic N) is 1. The van der Waals surface area contributed by atoms with Gasteiger partial charge in [-0.15, -0.1) is 0 Å². The fraction of sp³-hybridized carbons (Fsp3) is 0.500. The Labute approximate surface area is 156 Å². The first-order valence-electron chi connectivity index (χ1n) is 9.56. The smallest absolute Gasteiger partial charge is 0.194 e. The highest BCUT2D eigenvalue weighted by molar-refractivity contribution is 6.09. The Morgan fingerprint density at radius 3 is 2.46 bits per heavy atom. The van der Waals surface area contributed by atoms with E-state index in [1.165, 1.54) is 0 Å². The molecule has 3 rings (SSSR count). The SMILES string of the molecule is CCCCC1(C(C)n2c(C)cc(C(=O)c3ccccc3)c2C)OCCO1. The van der Waals surface area contributed by atoms with Crippen LogP contribution >= 0.6 is 0 Å². The van der Waals surface area contributed by atoms with Gasteiger partial charge in [0.05, 0.1) is 19.3 Å². The molecule has 0 aliphatic carbocycles. The third-order valence-corrected chi connectivity index (χ3v) is 5.44. The topological polar surface area (TPSA) is 40.5 Å². The quantitative estimate of drug-likeness (QED) is 0.668. The average molecular weight is 355 g/mol. The van der Waals surface area contributed by atoms with Crippen LogP contribution in [0, 0.1) is 13.8 Å². The van der Waals surface area contributed by atoms with Crippen LogP contribution in [-0.2, 0) is 9.47 Å². The van der Waals surface area contributed by atoms with Crippen LogP contribution in [0.15, 0.2) is 36.4 Å². The van der Waals surface area contributed by atoms with Crippen LogP contribution in [0.3, 0.4) is 0 Å². The third-order valence-electron chi connectivity index (χ3n) is 5.44. The number of aryl methyl sites for hydroxylation is 1. The molecule has 140 valence electrons. The molecular weight excluding hydrogens is 326 g/mol. The van der Waals surface area contributed by atoms with Crippen LogP contribution in [0.2, 0.25) is 0 Å². The van der Waals surface area contributed by atoms with Crippen LogP contribution in [0.5, 0.6) is 0 Å². The molecule has 0 spiro atoms. The summed E-state index contributed by atoms with van der Waals surface area (Å²) in [4.78, 5) is 13.0. The van der Waals surface area contributed by atoms with Crippen molar-refractivity contribution in [3.63, 3.8) is 0 Å². The zero-order valence-electron chi connectivity index (χ0n) is 16.2. The minimum absolute atomic E-state index is 0.00822. The second kappa shape index (κ2) is 7.77. The summed E-state index contributed by atoms with van der Waals surface area (Å²) in [7, 11) is 0. The summed E-state index contributed by atoms with van der Waals surface area (Å²) < 4.78 is 14.4. The van der Waals surface area contributed by atoms with Crippen molar-refractivity contribution in [2.45, 2.75) is 58.8 Å². The van der Waals surface area contributed by atoms with E-state index < -0.39 is 5.79 Å².